The van der Waals surface area contributed by atoms with Crippen molar-refractivity contribution in [1.82, 2.24) is 0 Å². The van der Waals surface area contributed by atoms with Gasteiger partial charge in [-0.2, -0.15) is 0 Å². The van der Waals surface area contributed by atoms with E-state index in [1.807, 2.05) is 0 Å². The van der Waals surface area contributed by atoms with Gasteiger partial charge in [-0.15, -0.1) is 11.6 Å². The third kappa shape index (κ3) is 8.30. The molecule has 0 aromatic carbocycles. The normalized spacial score (nSPS) is 14.9. The SMILES string of the molecule is CC(CCCCl)OP(=O)(O)O. The summed E-state index contributed by atoms with van der Waals surface area (Å²) in [5.74, 6) is 0.481. The van der Waals surface area contributed by atoms with Gasteiger partial charge in [0.15, 0.2) is 0 Å². The molecule has 2 N–H and O–H groups in total. The van der Waals surface area contributed by atoms with E-state index < -0.39 is 13.9 Å². The van der Waals surface area contributed by atoms with Crippen molar-refractivity contribution in [3.8, 4) is 0 Å². The predicted octanol–water partition coefficient (Wildman–Crippen LogP) is 1.50. The van der Waals surface area contributed by atoms with Crippen molar-refractivity contribution in [2.75, 3.05) is 5.88 Å². The molecule has 0 rings (SSSR count). The molecular weight excluding hydrogens is 190 g/mol. The van der Waals surface area contributed by atoms with Crippen LogP contribution in [0, 0.1) is 0 Å². The lowest BCUT2D eigenvalue weighted by atomic mass is 10.2. The van der Waals surface area contributed by atoms with Crippen molar-refractivity contribution in [3.63, 3.8) is 0 Å². The van der Waals surface area contributed by atoms with Crippen LogP contribution in [0.1, 0.15) is 19.8 Å². The van der Waals surface area contributed by atoms with Crippen molar-refractivity contribution >= 4 is 19.4 Å². The van der Waals surface area contributed by atoms with E-state index in [0.29, 0.717) is 18.7 Å². The first-order chi connectivity index (χ1) is 4.95. The van der Waals surface area contributed by atoms with Gasteiger partial charge in [-0.25, -0.2) is 4.57 Å². The Hall–Kier alpha value is 0.400. The van der Waals surface area contributed by atoms with Gasteiger partial charge in [-0.3, -0.25) is 4.52 Å². The van der Waals surface area contributed by atoms with E-state index in [9.17, 15) is 4.57 Å². The summed E-state index contributed by atoms with van der Waals surface area (Å²) in [4.78, 5) is 16.7. The van der Waals surface area contributed by atoms with Crippen LogP contribution in [0.3, 0.4) is 0 Å². The van der Waals surface area contributed by atoms with Gasteiger partial charge in [0.2, 0.25) is 0 Å². The van der Waals surface area contributed by atoms with Crippen LogP contribution in [0.5, 0.6) is 0 Å². The maximum atomic E-state index is 10.2. The monoisotopic (exact) mass is 202 g/mol. The van der Waals surface area contributed by atoms with E-state index in [1.54, 1.807) is 6.92 Å². The van der Waals surface area contributed by atoms with Gasteiger partial charge in [0.05, 0.1) is 6.10 Å². The second kappa shape index (κ2) is 5.12. The van der Waals surface area contributed by atoms with Gasteiger partial charge < -0.3 is 9.79 Å². The summed E-state index contributed by atoms with van der Waals surface area (Å²) in [6, 6.07) is 0. The first-order valence-corrected chi connectivity index (χ1v) is 5.32. The van der Waals surface area contributed by atoms with Crippen LogP contribution in [0.15, 0.2) is 0 Å². The maximum absolute atomic E-state index is 10.2. The van der Waals surface area contributed by atoms with Gasteiger partial charge in [0, 0.05) is 5.88 Å². The summed E-state index contributed by atoms with van der Waals surface area (Å²) in [5.41, 5.74) is 0. The molecule has 0 heterocycles. The van der Waals surface area contributed by atoms with E-state index in [-0.39, 0.29) is 0 Å². The summed E-state index contributed by atoms with van der Waals surface area (Å²) < 4.78 is 14.6. The fourth-order valence-electron chi connectivity index (χ4n) is 0.652. The molecule has 68 valence electrons. The van der Waals surface area contributed by atoms with Crippen molar-refractivity contribution < 1.29 is 18.9 Å². The minimum absolute atomic E-state index is 0.436. The average molecular weight is 203 g/mol. The second-order valence-electron chi connectivity index (χ2n) is 2.24. The van der Waals surface area contributed by atoms with Crippen molar-refractivity contribution in [2.24, 2.45) is 0 Å². The molecule has 0 saturated carbocycles. The largest absolute Gasteiger partial charge is 0.469 e. The molecule has 0 fully saturated rings. The smallest absolute Gasteiger partial charge is 0.303 e. The van der Waals surface area contributed by atoms with Crippen molar-refractivity contribution in [3.05, 3.63) is 0 Å². The third-order valence-corrected chi connectivity index (χ3v) is 1.96. The molecule has 1 unspecified atom stereocenters. The Balaban J connectivity index is 3.52. The highest BCUT2D eigenvalue weighted by molar-refractivity contribution is 7.46. The van der Waals surface area contributed by atoms with Crippen molar-refractivity contribution in [2.45, 2.75) is 25.9 Å². The number of rotatable bonds is 5. The molecule has 0 aliphatic heterocycles. The molecule has 4 nitrogen and oxygen atoms in total. The summed E-state index contributed by atoms with van der Waals surface area (Å²) in [5, 5.41) is 0. The lowest BCUT2D eigenvalue weighted by Gasteiger charge is -2.11. The Bertz CT molecular complexity index is 145. The van der Waals surface area contributed by atoms with Crippen LogP contribution < -0.4 is 0 Å². The fourth-order valence-corrected chi connectivity index (χ4v) is 1.38. The zero-order valence-corrected chi connectivity index (χ0v) is 7.89. The topological polar surface area (TPSA) is 66.8 Å². The first-order valence-electron chi connectivity index (χ1n) is 3.25. The number of phosphoric acid groups is 1. The van der Waals surface area contributed by atoms with Gasteiger partial charge in [0.25, 0.3) is 0 Å². The van der Waals surface area contributed by atoms with Crippen molar-refractivity contribution in [1.29, 1.82) is 0 Å². The van der Waals surface area contributed by atoms with Gasteiger partial charge in [-0.05, 0) is 19.8 Å². The number of hydrogen-bond donors (Lipinski definition) is 2. The van der Waals surface area contributed by atoms with E-state index in [1.165, 1.54) is 0 Å². The molecule has 1 atom stereocenters. The van der Waals surface area contributed by atoms with Gasteiger partial charge in [-0.1, -0.05) is 0 Å². The third-order valence-electron chi connectivity index (χ3n) is 1.06. The predicted molar refractivity (Wildman–Crippen MR) is 42.5 cm³/mol. The molecule has 0 saturated heterocycles. The summed E-state index contributed by atoms with van der Waals surface area (Å²) in [6.45, 7) is 1.60. The highest BCUT2D eigenvalue weighted by Gasteiger charge is 2.17. The number of phosphoric ester groups is 1. The first kappa shape index (κ1) is 11.4. The Labute approximate surface area is 70.8 Å². The number of hydrogen-bond acceptors (Lipinski definition) is 2. The highest BCUT2D eigenvalue weighted by Crippen LogP contribution is 2.38. The summed E-state index contributed by atoms with van der Waals surface area (Å²) in [6.07, 6.45) is 0.826. The second-order valence-corrected chi connectivity index (χ2v) is 3.81. The Morgan fingerprint density at radius 1 is 1.64 bits per heavy atom. The number of alkyl halides is 1. The molecule has 6 heteroatoms. The molecule has 0 aliphatic rings. The molecule has 0 aromatic heterocycles. The molecular formula is C5H12ClO4P. The minimum atomic E-state index is -4.31. The molecule has 11 heavy (non-hydrogen) atoms. The van der Waals surface area contributed by atoms with Gasteiger partial charge in [0.1, 0.15) is 0 Å². The Morgan fingerprint density at radius 2 is 2.18 bits per heavy atom. The van der Waals surface area contributed by atoms with Crippen LogP contribution >= 0.6 is 19.4 Å². The van der Waals surface area contributed by atoms with E-state index in [2.05, 4.69) is 4.52 Å². The fraction of sp³-hybridized carbons (Fsp3) is 1.00. The zero-order chi connectivity index (χ0) is 8.91. The quantitative estimate of drug-likeness (QED) is 0.524. The maximum Gasteiger partial charge on any atom is 0.469 e. The lowest BCUT2D eigenvalue weighted by Crippen LogP contribution is -2.05. The van der Waals surface area contributed by atoms with Crippen LogP contribution in [-0.4, -0.2) is 21.8 Å². The van der Waals surface area contributed by atoms with Crippen LogP contribution in [-0.2, 0) is 9.09 Å². The Morgan fingerprint density at radius 3 is 2.55 bits per heavy atom. The molecule has 0 aliphatic carbocycles. The van der Waals surface area contributed by atoms with Crippen LogP contribution in [0.25, 0.3) is 0 Å². The summed E-state index contributed by atoms with van der Waals surface area (Å²) in [7, 11) is -4.31. The van der Waals surface area contributed by atoms with Crippen LogP contribution in [0.2, 0.25) is 0 Å². The summed E-state index contributed by atoms with van der Waals surface area (Å²) >= 11 is 5.37. The average Bonchev–Trinajstić information content (AvgIpc) is 1.79. The van der Waals surface area contributed by atoms with E-state index in [4.69, 9.17) is 21.4 Å². The molecule has 0 radical (unpaired) electrons. The van der Waals surface area contributed by atoms with Gasteiger partial charge >= 0.3 is 7.82 Å². The Kier molecular flexibility index (Phi) is 5.30. The number of halogens is 1. The molecule has 0 aromatic rings. The molecule has 0 amide bonds. The minimum Gasteiger partial charge on any atom is -0.303 e. The molecule has 0 bridgehead atoms. The van der Waals surface area contributed by atoms with E-state index in [0.717, 1.165) is 0 Å². The standard InChI is InChI=1S/C5H12ClO4P/c1-5(3-2-4-6)10-11(7,8)9/h5H,2-4H2,1H3,(H2,7,8,9). The zero-order valence-electron chi connectivity index (χ0n) is 6.23. The van der Waals surface area contributed by atoms with Crippen LogP contribution in [0.4, 0.5) is 0 Å². The molecule has 0 spiro atoms. The lowest BCUT2D eigenvalue weighted by molar-refractivity contribution is 0.138. The highest BCUT2D eigenvalue weighted by atomic mass is 35.5. The van der Waals surface area contributed by atoms with E-state index >= 15 is 0 Å².